The lowest BCUT2D eigenvalue weighted by atomic mass is 10.2. The van der Waals surface area contributed by atoms with Gasteiger partial charge in [-0.1, -0.05) is 42.5 Å². The molecule has 4 N–H and O–H groups in total. The van der Waals surface area contributed by atoms with Crippen LogP contribution in [0.25, 0.3) is 22.4 Å². The van der Waals surface area contributed by atoms with Gasteiger partial charge in [0.15, 0.2) is 0 Å². The Kier molecular flexibility index (Phi) is 2.70. The average Bonchev–Trinajstić information content (AvgIpc) is 2.74. The molecule has 0 saturated carbocycles. The number of hydrogen-bond donors (Lipinski definition) is 2. The number of benzene rings is 2. The molecule has 3 aromatic rings. The summed E-state index contributed by atoms with van der Waals surface area (Å²) in [7, 11) is 0. The van der Waals surface area contributed by atoms with Crippen molar-refractivity contribution in [3.63, 3.8) is 0 Å². The maximum Gasteiger partial charge on any atom is 0.138 e. The smallest absolute Gasteiger partial charge is 0.138 e. The Morgan fingerprint density at radius 3 is 2.25 bits per heavy atom. The molecular formula is C13H13N3. The highest BCUT2D eigenvalue weighted by Crippen LogP contribution is 2.19. The molecule has 3 rings (SSSR count). The molecule has 0 aliphatic rings. The molecule has 0 aliphatic carbocycles. The summed E-state index contributed by atoms with van der Waals surface area (Å²) in [5, 5.41) is 0. The number of aromatic amines is 1. The number of para-hydroxylation sites is 2. The summed E-state index contributed by atoms with van der Waals surface area (Å²) < 4.78 is 0. The van der Waals surface area contributed by atoms with Crippen LogP contribution in [0.4, 0.5) is 0 Å². The van der Waals surface area contributed by atoms with Crippen molar-refractivity contribution in [3.05, 3.63) is 54.6 Å². The van der Waals surface area contributed by atoms with E-state index in [0.717, 1.165) is 22.4 Å². The number of rotatable bonds is 1. The number of imidazole rings is 1. The summed E-state index contributed by atoms with van der Waals surface area (Å²) in [6.07, 6.45) is 0. The predicted octanol–water partition coefficient (Wildman–Crippen LogP) is 3.39. The van der Waals surface area contributed by atoms with Crippen LogP contribution >= 0.6 is 0 Å². The second-order valence-corrected chi connectivity index (χ2v) is 3.47. The normalized spacial score (nSPS) is 10.0. The molecule has 0 aliphatic heterocycles. The quantitative estimate of drug-likeness (QED) is 0.648. The molecule has 3 nitrogen and oxygen atoms in total. The van der Waals surface area contributed by atoms with Gasteiger partial charge >= 0.3 is 0 Å². The fourth-order valence-electron chi connectivity index (χ4n) is 1.69. The molecule has 16 heavy (non-hydrogen) atoms. The zero-order chi connectivity index (χ0) is 10.1. The van der Waals surface area contributed by atoms with Gasteiger partial charge in [-0.15, -0.1) is 0 Å². The molecular weight excluding hydrogens is 198 g/mol. The molecule has 0 bridgehead atoms. The Morgan fingerprint density at radius 2 is 1.50 bits per heavy atom. The Labute approximate surface area is 93.7 Å². The number of aromatic nitrogens is 2. The zero-order valence-electron chi connectivity index (χ0n) is 8.85. The second kappa shape index (κ2) is 4.16. The highest BCUT2D eigenvalue weighted by Gasteiger charge is 2.02. The molecule has 0 saturated heterocycles. The molecule has 80 valence electrons. The lowest BCUT2D eigenvalue weighted by Crippen LogP contribution is -1.77. The van der Waals surface area contributed by atoms with Gasteiger partial charge in [-0.3, -0.25) is 0 Å². The molecule has 0 unspecified atom stereocenters. The van der Waals surface area contributed by atoms with Crippen molar-refractivity contribution in [1.82, 2.24) is 16.1 Å². The van der Waals surface area contributed by atoms with E-state index in [1.54, 1.807) is 0 Å². The van der Waals surface area contributed by atoms with E-state index in [0.29, 0.717) is 0 Å². The van der Waals surface area contributed by atoms with Crippen molar-refractivity contribution < 1.29 is 0 Å². The minimum atomic E-state index is 0. The van der Waals surface area contributed by atoms with Crippen molar-refractivity contribution in [2.45, 2.75) is 0 Å². The van der Waals surface area contributed by atoms with Crippen LogP contribution in [-0.4, -0.2) is 9.97 Å². The zero-order valence-corrected chi connectivity index (χ0v) is 8.85. The number of fused-ring (bicyclic) bond motifs is 1. The first-order valence-corrected chi connectivity index (χ1v) is 4.94. The fraction of sp³-hybridized carbons (Fsp3) is 0. The van der Waals surface area contributed by atoms with Crippen LogP contribution in [0.3, 0.4) is 0 Å². The molecule has 1 heterocycles. The molecule has 3 heteroatoms. The number of H-pyrrole nitrogens is 1. The first kappa shape index (κ1) is 10.4. The Morgan fingerprint density at radius 1 is 0.812 bits per heavy atom. The van der Waals surface area contributed by atoms with Crippen LogP contribution in [0, 0.1) is 0 Å². The van der Waals surface area contributed by atoms with Crippen molar-refractivity contribution in [1.29, 1.82) is 0 Å². The Bertz CT molecular complexity index is 551. The van der Waals surface area contributed by atoms with Crippen LogP contribution < -0.4 is 6.15 Å². The van der Waals surface area contributed by atoms with Crippen LogP contribution in [0.2, 0.25) is 0 Å². The number of nitrogens with zero attached hydrogens (tertiary/aromatic N) is 1. The van der Waals surface area contributed by atoms with Gasteiger partial charge in [0.1, 0.15) is 5.82 Å². The third kappa shape index (κ3) is 1.68. The largest absolute Gasteiger partial charge is 0.344 e. The average molecular weight is 211 g/mol. The maximum absolute atomic E-state index is 4.53. The van der Waals surface area contributed by atoms with E-state index in [2.05, 4.69) is 22.1 Å². The van der Waals surface area contributed by atoms with Gasteiger partial charge in [-0.2, -0.15) is 0 Å². The Hall–Kier alpha value is -2.13. The molecule has 0 atom stereocenters. The molecule has 0 fully saturated rings. The monoisotopic (exact) mass is 211 g/mol. The van der Waals surface area contributed by atoms with E-state index >= 15 is 0 Å². The van der Waals surface area contributed by atoms with Gasteiger partial charge in [0.25, 0.3) is 0 Å². The summed E-state index contributed by atoms with van der Waals surface area (Å²) >= 11 is 0. The predicted molar refractivity (Wildman–Crippen MR) is 66.6 cm³/mol. The lowest BCUT2D eigenvalue weighted by Gasteiger charge is -1.93. The lowest BCUT2D eigenvalue weighted by molar-refractivity contribution is 1.34. The summed E-state index contributed by atoms with van der Waals surface area (Å²) in [4.78, 5) is 7.83. The Balaban J connectivity index is 0.000000963. The summed E-state index contributed by atoms with van der Waals surface area (Å²) in [6.45, 7) is 0. The van der Waals surface area contributed by atoms with E-state index in [9.17, 15) is 0 Å². The van der Waals surface area contributed by atoms with Gasteiger partial charge in [-0.05, 0) is 12.1 Å². The minimum absolute atomic E-state index is 0. The SMILES string of the molecule is N.c1ccc(-c2nc3ccccc3[nH]2)cc1. The molecule has 0 radical (unpaired) electrons. The van der Waals surface area contributed by atoms with Gasteiger partial charge < -0.3 is 11.1 Å². The topological polar surface area (TPSA) is 63.7 Å². The maximum atomic E-state index is 4.53. The third-order valence-electron chi connectivity index (χ3n) is 2.44. The van der Waals surface area contributed by atoms with Gasteiger partial charge in [0.2, 0.25) is 0 Å². The van der Waals surface area contributed by atoms with Crippen molar-refractivity contribution >= 4 is 11.0 Å². The highest BCUT2D eigenvalue weighted by atomic mass is 14.9. The summed E-state index contributed by atoms with van der Waals surface area (Å²) in [6, 6.07) is 18.2. The van der Waals surface area contributed by atoms with E-state index in [-0.39, 0.29) is 6.15 Å². The van der Waals surface area contributed by atoms with Gasteiger partial charge in [0, 0.05) is 5.56 Å². The fourth-order valence-corrected chi connectivity index (χ4v) is 1.69. The molecule has 0 spiro atoms. The van der Waals surface area contributed by atoms with Crippen LogP contribution in [0.1, 0.15) is 0 Å². The van der Waals surface area contributed by atoms with Crippen molar-refractivity contribution in [2.75, 3.05) is 0 Å². The van der Waals surface area contributed by atoms with Gasteiger partial charge in [0.05, 0.1) is 11.0 Å². The third-order valence-corrected chi connectivity index (χ3v) is 2.44. The standard InChI is InChI=1S/C13H10N2.H3N/c1-2-6-10(7-3-1)13-14-11-8-4-5-9-12(11)15-13;/h1-9H,(H,14,15);1H3. The first-order valence-electron chi connectivity index (χ1n) is 4.94. The van der Waals surface area contributed by atoms with E-state index < -0.39 is 0 Å². The van der Waals surface area contributed by atoms with E-state index in [1.165, 1.54) is 0 Å². The minimum Gasteiger partial charge on any atom is -0.344 e. The van der Waals surface area contributed by atoms with E-state index in [1.807, 2.05) is 42.5 Å². The highest BCUT2D eigenvalue weighted by molar-refractivity contribution is 5.79. The summed E-state index contributed by atoms with van der Waals surface area (Å²) in [5.41, 5.74) is 3.21. The first-order chi connectivity index (χ1) is 7.43. The summed E-state index contributed by atoms with van der Waals surface area (Å²) in [5.74, 6) is 0.928. The number of hydrogen-bond acceptors (Lipinski definition) is 2. The molecule has 0 amide bonds. The molecule has 2 aromatic carbocycles. The van der Waals surface area contributed by atoms with Crippen LogP contribution in [0.5, 0.6) is 0 Å². The second-order valence-electron chi connectivity index (χ2n) is 3.47. The van der Waals surface area contributed by atoms with Crippen molar-refractivity contribution in [2.24, 2.45) is 0 Å². The molecule has 1 aromatic heterocycles. The number of nitrogens with one attached hydrogen (secondary N) is 1. The van der Waals surface area contributed by atoms with Crippen LogP contribution in [-0.2, 0) is 0 Å². The van der Waals surface area contributed by atoms with Crippen molar-refractivity contribution in [3.8, 4) is 11.4 Å². The van der Waals surface area contributed by atoms with E-state index in [4.69, 9.17) is 0 Å². The van der Waals surface area contributed by atoms with Gasteiger partial charge in [-0.25, -0.2) is 4.98 Å². The van der Waals surface area contributed by atoms with Crippen LogP contribution in [0.15, 0.2) is 54.6 Å².